The Labute approximate surface area is 111 Å². The molecule has 1 fully saturated rings. The van der Waals surface area contributed by atoms with Crippen molar-refractivity contribution in [1.29, 1.82) is 0 Å². The Balaban J connectivity index is 1.93. The van der Waals surface area contributed by atoms with Crippen molar-refractivity contribution in [2.24, 2.45) is 0 Å². The number of likely N-dealkylation sites (tertiary alicyclic amines) is 1. The average Bonchev–Trinajstić information content (AvgIpc) is 3.01. The van der Waals surface area contributed by atoms with E-state index in [0.29, 0.717) is 19.4 Å². The Morgan fingerprint density at radius 3 is 3.00 bits per heavy atom. The van der Waals surface area contributed by atoms with E-state index in [4.69, 9.17) is 9.47 Å². The van der Waals surface area contributed by atoms with E-state index in [1.54, 1.807) is 4.90 Å². The van der Waals surface area contributed by atoms with Crippen LogP contribution < -0.4 is 4.74 Å². The molecular weight excluding hydrogens is 246 g/mol. The predicted octanol–water partition coefficient (Wildman–Crippen LogP) is 1.28. The summed E-state index contributed by atoms with van der Waals surface area (Å²) in [6.45, 7) is 0.401. The van der Waals surface area contributed by atoms with Crippen molar-refractivity contribution in [3.05, 3.63) is 29.8 Å². The molecule has 0 N–H and O–H groups in total. The number of fused-ring (bicyclic) bond motifs is 1. The zero-order chi connectivity index (χ0) is 13.4. The van der Waals surface area contributed by atoms with Crippen molar-refractivity contribution >= 4 is 11.9 Å². The van der Waals surface area contributed by atoms with Gasteiger partial charge >= 0.3 is 5.97 Å². The van der Waals surface area contributed by atoms with Gasteiger partial charge in [0.05, 0.1) is 13.2 Å². The minimum absolute atomic E-state index is 0.0132. The van der Waals surface area contributed by atoms with Crippen LogP contribution in [0.3, 0.4) is 0 Å². The van der Waals surface area contributed by atoms with E-state index in [9.17, 15) is 9.59 Å². The molecule has 2 unspecified atom stereocenters. The van der Waals surface area contributed by atoms with Crippen LogP contribution >= 0.6 is 0 Å². The second-order valence-electron chi connectivity index (χ2n) is 4.74. The van der Waals surface area contributed by atoms with Crippen LogP contribution in [-0.4, -0.2) is 36.5 Å². The van der Waals surface area contributed by atoms with Gasteiger partial charge in [0, 0.05) is 12.0 Å². The lowest BCUT2D eigenvalue weighted by molar-refractivity contribution is -0.151. The minimum atomic E-state index is -0.489. The monoisotopic (exact) mass is 261 g/mol. The molecule has 5 heteroatoms. The van der Waals surface area contributed by atoms with Crippen LogP contribution in [0.25, 0.3) is 0 Å². The first-order valence-corrected chi connectivity index (χ1v) is 6.33. The zero-order valence-electron chi connectivity index (χ0n) is 10.7. The SMILES string of the molecule is COC(=O)C1CCC(=O)N1C1COc2ccccc21. The van der Waals surface area contributed by atoms with Gasteiger partial charge in [-0.2, -0.15) is 0 Å². The van der Waals surface area contributed by atoms with Gasteiger partial charge in [0.1, 0.15) is 18.4 Å². The Morgan fingerprint density at radius 1 is 1.42 bits per heavy atom. The van der Waals surface area contributed by atoms with Gasteiger partial charge in [0.25, 0.3) is 0 Å². The first kappa shape index (κ1) is 12.0. The van der Waals surface area contributed by atoms with E-state index in [2.05, 4.69) is 0 Å². The number of carbonyl (C=O) groups is 2. The van der Waals surface area contributed by atoms with Crippen LogP contribution in [0, 0.1) is 0 Å². The van der Waals surface area contributed by atoms with Gasteiger partial charge in [-0.1, -0.05) is 18.2 Å². The molecule has 2 aliphatic heterocycles. The van der Waals surface area contributed by atoms with Crippen molar-refractivity contribution in [3.8, 4) is 5.75 Å². The van der Waals surface area contributed by atoms with Crippen molar-refractivity contribution in [2.75, 3.05) is 13.7 Å². The summed E-state index contributed by atoms with van der Waals surface area (Å²) < 4.78 is 10.4. The van der Waals surface area contributed by atoms with Gasteiger partial charge in [-0.05, 0) is 12.5 Å². The van der Waals surface area contributed by atoms with Gasteiger partial charge in [0.15, 0.2) is 0 Å². The predicted molar refractivity (Wildman–Crippen MR) is 66.6 cm³/mol. The number of amides is 1. The maximum atomic E-state index is 12.1. The summed E-state index contributed by atoms with van der Waals surface area (Å²) in [6.07, 6.45) is 0.905. The second-order valence-corrected chi connectivity index (χ2v) is 4.74. The molecular formula is C14H15NO4. The second kappa shape index (κ2) is 4.57. The third-order valence-electron chi connectivity index (χ3n) is 3.74. The molecule has 1 aromatic carbocycles. The highest BCUT2D eigenvalue weighted by Crippen LogP contribution is 2.39. The Morgan fingerprint density at radius 2 is 2.21 bits per heavy atom. The number of hydrogen-bond acceptors (Lipinski definition) is 4. The molecule has 1 amide bonds. The summed E-state index contributed by atoms with van der Waals surface area (Å²) in [5.41, 5.74) is 0.964. The number of rotatable bonds is 2. The molecule has 19 heavy (non-hydrogen) atoms. The fraction of sp³-hybridized carbons (Fsp3) is 0.429. The third kappa shape index (κ3) is 1.85. The first-order chi connectivity index (χ1) is 9.22. The molecule has 5 nitrogen and oxygen atoms in total. The molecule has 1 aromatic rings. The van der Waals surface area contributed by atoms with Crippen molar-refractivity contribution in [1.82, 2.24) is 4.90 Å². The van der Waals surface area contributed by atoms with Crippen molar-refractivity contribution < 1.29 is 19.1 Å². The fourth-order valence-electron chi connectivity index (χ4n) is 2.84. The van der Waals surface area contributed by atoms with E-state index in [0.717, 1.165) is 11.3 Å². The van der Waals surface area contributed by atoms with Crippen molar-refractivity contribution in [3.63, 3.8) is 0 Å². The number of ether oxygens (including phenoxy) is 2. The number of benzene rings is 1. The Bertz CT molecular complexity index is 528. The number of nitrogens with zero attached hydrogens (tertiary/aromatic N) is 1. The van der Waals surface area contributed by atoms with E-state index >= 15 is 0 Å². The molecule has 2 aliphatic rings. The fourth-order valence-corrected chi connectivity index (χ4v) is 2.84. The molecule has 1 saturated heterocycles. The summed E-state index contributed by atoms with van der Waals surface area (Å²) in [6, 6.07) is 6.95. The molecule has 2 atom stereocenters. The maximum absolute atomic E-state index is 12.1. The van der Waals surface area contributed by atoms with Crippen LogP contribution in [0.5, 0.6) is 5.75 Å². The zero-order valence-corrected chi connectivity index (χ0v) is 10.7. The molecule has 0 aliphatic carbocycles. The number of carbonyl (C=O) groups excluding carboxylic acids is 2. The van der Waals surface area contributed by atoms with E-state index in [-0.39, 0.29) is 17.9 Å². The lowest BCUT2D eigenvalue weighted by atomic mass is 10.1. The molecule has 0 spiro atoms. The normalized spacial score (nSPS) is 25.1. The van der Waals surface area contributed by atoms with Crippen LogP contribution in [0.1, 0.15) is 24.4 Å². The lowest BCUT2D eigenvalue weighted by Crippen LogP contribution is -2.42. The van der Waals surface area contributed by atoms with E-state index in [1.807, 2.05) is 24.3 Å². The highest BCUT2D eigenvalue weighted by molar-refractivity contribution is 5.88. The highest BCUT2D eigenvalue weighted by atomic mass is 16.5. The Hall–Kier alpha value is -2.04. The summed E-state index contributed by atoms with van der Waals surface area (Å²) in [7, 11) is 1.35. The summed E-state index contributed by atoms with van der Waals surface area (Å²) in [5.74, 6) is 0.423. The summed E-state index contributed by atoms with van der Waals surface area (Å²) in [5, 5.41) is 0. The van der Waals surface area contributed by atoms with E-state index in [1.165, 1.54) is 7.11 Å². The largest absolute Gasteiger partial charge is 0.491 e. The number of para-hydroxylation sites is 1. The van der Waals surface area contributed by atoms with Crippen LogP contribution in [-0.2, 0) is 14.3 Å². The third-order valence-corrected chi connectivity index (χ3v) is 3.74. The van der Waals surface area contributed by atoms with Crippen molar-refractivity contribution in [2.45, 2.75) is 24.9 Å². The molecule has 100 valence electrons. The topological polar surface area (TPSA) is 55.8 Å². The van der Waals surface area contributed by atoms with Gasteiger partial charge in [-0.3, -0.25) is 4.79 Å². The van der Waals surface area contributed by atoms with Gasteiger partial charge < -0.3 is 14.4 Å². The quantitative estimate of drug-likeness (QED) is 0.753. The van der Waals surface area contributed by atoms with E-state index < -0.39 is 6.04 Å². The average molecular weight is 261 g/mol. The minimum Gasteiger partial charge on any atom is -0.491 e. The molecule has 0 saturated carbocycles. The summed E-state index contributed by atoms with van der Waals surface area (Å²) in [4.78, 5) is 25.5. The van der Waals surface area contributed by atoms with Gasteiger partial charge in [-0.15, -0.1) is 0 Å². The summed E-state index contributed by atoms with van der Waals surface area (Å²) >= 11 is 0. The first-order valence-electron chi connectivity index (χ1n) is 6.33. The van der Waals surface area contributed by atoms with Gasteiger partial charge in [-0.25, -0.2) is 4.79 Å². The smallest absolute Gasteiger partial charge is 0.328 e. The number of methoxy groups -OCH3 is 1. The van der Waals surface area contributed by atoms with Crippen LogP contribution in [0.4, 0.5) is 0 Å². The number of esters is 1. The highest BCUT2D eigenvalue weighted by Gasteiger charge is 2.44. The molecule has 3 rings (SSSR count). The maximum Gasteiger partial charge on any atom is 0.328 e. The molecule has 2 heterocycles. The molecule has 0 bridgehead atoms. The lowest BCUT2D eigenvalue weighted by Gasteiger charge is -2.28. The Kier molecular flexibility index (Phi) is 2.89. The van der Waals surface area contributed by atoms with Crippen LogP contribution in [0.15, 0.2) is 24.3 Å². The standard InChI is InChI=1S/C14H15NO4/c1-18-14(17)10-6-7-13(16)15(10)11-8-19-12-5-3-2-4-9(11)12/h2-5,10-11H,6-8H2,1H3. The number of hydrogen-bond donors (Lipinski definition) is 0. The van der Waals surface area contributed by atoms with Gasteiger partial charge in [0.2, 0.25) is 5.91 Å². The van der Waals surface area contributed by atoms with Crippen LogP contribution in [0.2, 0.25) is 0 Å². The molecule has 0 radical (unpaired) electrons. The molecule has 0 aromatic heterocycles.